The summed E-state index contributed by atoms with van der Waals surface area (Å²) < 4.78 is 0. The van der Waals surface area contributed by atoms with Crippen LogP contribution in [-0.4, -0.2) is 41.3 Å². The molecule has 0 radical (unpaired) electrons. The first kappa shape index (κ1) is 16.7. The molecule has 0 aliphatic rings. The SMILES string of the molecule is CCCNc1cc(N(CC)CCO)nc(C(C)(C)C)n1. The van der Waals surface area contributed by atoms with E-state index in [9.17, 15) is 0 Å². The van der Waals surface area contributed by atoms with Crippen LogP contribution in [0.3, 0.4) is 0 Å². The number of likely N-dealkylation sites (N-methyl/N-ethyl adjacent to an activating group) is 1. The van der Waals surface area contributed by atoms with Crippen molar-refractivity contribution >= 4 is 11.6 Å². The summed E-state index contributed by atoms with van der Waals surface area (Å²) in [7, 11) is 0. The Hall–Kier alpha value is -1.36. The van der Waals surface area contributed by atoms with Crippen LogP contribution in [-0.2, 0) is 5.41 Å². The number of nitrogens with one attached hydrogen (secondary N) is 1. The lowest BCUT2D eigenvalue weighted by Crippen LogP contribution is -2.29. The van der Waals surface area contributed by atoms with Crippen molar-refractivity contribution in [3.63, 3.8) is 0 Å². The molecule has 0 saturated heterocycles. The van der Waals surface area contributed by atoms with Gasteiger partial charge in [-0.25, -0.2) is 9.97 Å². The van der Waals surface area contributed by atoms with Gasteiger partial charge in [0.05, 0.1) is 6.61 Å². The van der Waals surface area contributed by atoms with Gasteiger partial charge in [-0.2, -0.15) is 0 Å². The van der Waals surface area contributed by atoms with Crippen molar-refractivity contribution in [3.05, 3.63) is 11.9 Å². The standard InChI is InChI=1S/C15H28N4O/c1-6-8-16-12-11-13(19(7-2)9-10-20)18-14(17-12)15(3,4)5/h11,20H,6-10H2,1-5H3,(H,16,17,18). The molecule has 5 nitrogen and oxygen atoms in total. The molecule has 5 heteroatoms. The van der Waals surface area contributed by atoms with E-state index in [2.05, 4.69) is 54.8 Å². The predicted octanol–water partition coefficient (Wildman–Crippen LogP) is 2.41. The zero-order valence-electron chi connectivity index (χ0n) is 13.4. The van der Waals surface area contributed by atoms with Crippen molar-refractivity contribution in [1.82, 2.24) is 9.97 Å². The molecular formula is C15H28N4O. The molecule has 0 saturated carbocycles. The van der Waals surface area contributed by atoms with Crippen LogP contribution in [0.4, 0.5) is 11.6 Å². The quantitative estimate of drug-likeness (QED) is 0.803. The summed E-state index contributed by atoms with van der Waals surface area (Å²) in [6, 6.07) is 1.96. The number of anilines is 2. The molecule has 0 spiro atoms. The molecule has 1 heterocycles. The molecule has 1 rings (SSSR count). The molecule has 0 atom stereocenters. The first-order valence-electron chi connectivity index (χ1n) is 7.41. The predicted molar refractivity (Wildman–Crippen MR) is 84.5 cm³/mol. The molecule has 20 heavy (non-hydrogen) atoms. The highest BCUT2D eigenvalue weighted by Crippen LogP contribution is 2.24. The first-order chi connectivity index (χ1) is 9.42. The van der Waals surface area contributed by atoms with Gasteiger partial charge in [-0.15, -0.1) is 0 Å². The van der Waals surface area contributed by atoms with E-state index >= 15 is 0 Å². The van der Waals surface area contributed by atoms with Gasteiger partial charge in [-0.05, 0) is 13.3 Å². The summed E-state index contributed by atoms with van der Waals surface area (Å²) in [5, 5.41) is 12.5. The molecule has 0 bridgehead atoms. The maximum absolute atomic E-state index is 9.17. The smallest absolute Gasteiger partial charge is 0.138 e. The Balaban J connectivity index is 3.14. The Labute approximate surface area is 122 Å². The van der Waals surface area contributed by atoms with Crippen LogP contribution < -0.4 is 10.2 Å². The summed E-state index contributed by atoms with van der Waals surface area (Å²) in [5.74, 6) is 2.56. The maximum Gasteiger partial charge on any atom is 0.138 e. The van der Waals surface area contributed by atoms with Crippen molar-refractivity contribution < 1.29 is 5.11 Å². The lowest BCUT2D eigenvalue weighted by atomic mass is 9.96. The van der Waals surface area contributed by atoms with Gasteiger partial charge in [-0.1, -0.05) is 27.7 Å². The summed E-state index contributed by atoms with van der Waals surface area (Å²) in [4.78, 5) is 11.3. The fraction of sp³-hybridized carbons (Fsp3) is 0.733. The minimum Gasteiger partial charge on any atom is -0.395 e. The average Bonchev–Trinajstić information content (AvgIpc) is 2.41. The van der Waals surface area contributed by atoms with Crippen LogP contribution in [0.15, 0.2) is 6.07 Å². The van der Waals surface area contributed by atoms with Gasteiger partial charge in [0, 0.05) is 31.1 Å². The number of rotatable bonds is 7. The van der Waals surface area contributed by atoms with Crippen LogP contribution in [0, 0.1) is 0 Å². The Morgan fingerprint density at radius 2 is 1.95 bits per heavy atom. The van der Waals surface area contributed by atoms with Crippen molar-refractivity contribution in [2.24, 2.45) is 0 Å². The molecule has 0 amide bonds. The Morgan fingerprint density at radius 1 is 1.25 bits per heavy atom. The van der Waals surface area contributed by atoms with E-state index in [-0.39, 0.29) is 12.0 Å². The molecule has 0 aliphatic heterocycles. The van der Waals surface area contributed by atoms with E-state index in [1.165, 1.54) is 0 Å². The third-order valence-electron chi connectivity index (χ3n) is 3.02. The highest BCUT2D eigenvalue weighted by molar-refractivity contribution is 5.50. The van der Waals surface area contributed by atoms with Gasteiger partial charge in [0.1, 0.15) is 17.5 Å². The molecule has 0 unspecified atom stereocenters. The van der Waals surface area contributed by atoms with E-state index in [0.29, 0.717) is 6.54 Å². The van der Waals surface area contributed by atoms with Crippen LogP contribution in [0.25, 0.3) is 0 Å². The Kier molecular flexibility index (Phi) is 6.20. The van der Waals surface area contributed by atoms with E-state index in [4.69, 9.17) is 5.11 Å². The number of aliphatic hydroxyl groups is 1. The topological polar surface area (TPSA) is 61.3 Å². The van der Waals surface area contributed by atoms with Gasteiger partial charge in [0.25, 0.3) is 0 Å². The van der Waals surface area contributed by atoms with Gasteiger partial charge in [0.15, 0.2) is 0 Å². The number of hydrogen-bond acceptors (Lipinski definition) is 5. The zero-order valence-corrected chi connectivity index (χ0v) is 13.4. The van der Waals surface area contributed by atoms with E-state index < -0.39 is 0 Å². The second-order valence-corrected chi connectivity index (χ2v) is 5.92. The zero-order chi connectivity index (χ0) is 15.2. The lowest BCUT2D eigenvalue weighted by Gasteiger charge is -2.25. The van der Waals surface area contributed by atoms with Crippen LogP contribution in [0.2, 0.25) is 0 Å². The number of nitrogens with zero attached hydrogens (tertiary/aromatic N) is 3. The van der Waals surface area contributed by atoms with Crippen LogP contribution >= 0.6 is 0 Å². The number of aromatic nitrogens is 2. The van der Waals surface area contributed by atoms with E-state index in [1.54, 1.807) is 0 Å². The van der Waals surface area contributed by atoms with Gasteiger partial charge >= 0.3 is 0 Å². The molecule has 2 N–H and O–H groups in total. The third-order valence-corrected chi connectivity index (χ3v) is 3.02. The normalized spacial score (nSPS) is 11.5. The van der Waals surface area contributed by atoms with Crippen molar-refractivity contribution in [3.8, 4) is 0 Å². The van der Waals surface area contributed by atoms with Gasteiger partial charge < -0.3 is 15.3 Å². The Morgan fingerprint density at radius 3 is 2.45 bits per heavy atom. The van der Waals surface area contributed by atoms with E-state index in [1.807, 2.05) is 6.07 Å². The molecule has 1 aromatic rings. The summed E-state index contributed by atoms with van der Waals surface area (Å²) in [6.07, 6.45) is 1.05. The maximum atomic E-state index is 9.17. The minimum absolute atomic E-state index is 0.0999. The minimum atomic E-state index is -0.0999. The molecule has 1 aromatic heterocycles. The average molecular weight is 280 g/mol. The van der Waals surface area contributed by atoms with Gasteiger partial charge in [0.2, 0.25) is 0 Å². The van der Waals surface area contributed by atoms with Crippen molar-refractivity contribution in [1.29, 1.82) is 0 Å². The molecule has 0 aliphatic carbocycles. The summed E-state index contributed by atoms with van der Waals surface area (Å²) in [5.41, 5.74) is -0.0999. The fourth-order valence-corrected chi connectivity index (χ4v) is 1.83. The molecule has 114 valence electrons. The second-order valence-electron chi connectivity index (χ2n) is 5.92. The second kappa shape index (κ2) is 7.43. The summed E-state index contributed by atoms with van der Waals surface area (Å²) in [6.45, 7) is 12.9. The van der Waals surface area contributed by atoms with Crippen molar-refractivity contribution in [2.75, 3.05) is 36.5 Å². The third kappa shape index (κ3) is 4.63. The monoisotopic (exact) mass is 280 g/mol. The number of aliphatic hydroxyl groups excluding tert-OH is 1. The van der Waals surface area contributed by atoms with E-state index in [0.717, 1.165) is 37.0 Å². The molecule has 0 aromatic carbocycles. The van der Waals surface area contributed by atoms with Crippen LogP contribution in [0.5, 0.6) is 0 Å². The van der Waals surface area contributed by atoms with Gasteiger partial charge in [-0.3, -0.25) is 0 Å². The fourth-order valence-electron chi connectivity index (χ4n) is 1.83. The van der Waals surface area contributed by atoms with Crippen LogP contribution in [0.1, 0.15) is 46.9 Å². The number of hydrogen-bond donors (Lipinski definition) is 2. The lowest BCUT2D eigenvalue weighted by molar-refractivity contribution is 0.302. The highest BCUT2D eigenvalue weighted by Gasteiger charge is 2.20. The molecule has 0 fully saturated rings. The Bertz CT molecular complexity index is 415. The first-order valence-corrected chi connectivity index (χ1v) is 7.41. The van der Waals surface area contributed by atoms with Crippen molar-refractivity contribution in [2.45, 2.75) is 46.5 Å². The summed E-state index contributed by atoms with van der Waals surface area (Å²) >= 11 is 0. The highest BCUT2D eigenvalue weighted by atomic mass is 16.3. The largest absolute Gasteiger partial charge is 0.395 e. The molecular weight excluding hydrogens is 252 g/mol.